The fourth-order valence-corrected chi connectivity index (χ4v) is 1.93. The fraction of sp³-hybridized carbons (Fsp3) is 0.583. The van der Waals surface area contributed by atoms with Crippen LogP contribution in [0.2, 0.25) is 0 Å². The van der Waals surface area contributed by atoms with Crippen molar-refractivity contribution < 1.29 is 4.79 Å². The highest BCUT2D eigenvalue weighted by atomic mass is 16.2. The van der Waals surface area contributed by atoms with Crippen molar-refractivity contribution in [1.82, 2.24) is 14.9 Å². The Balaban J connectivity index is 2.04. The number of nitrogen functional groups attached to an aromatic ring is 1. The second-order valence-corrected chi connectivity index (χ2v) is 5.28. The minimum Gasteiger partial charge on any atom is -0.382 e. The third-order valence-corrected chi connectivity index (χ3v) is 3.30. The standard InChI is InChI=1S/C12H18N4O/c1-12(2)3-5-16(6-4-12)11(17)9-7-15-10(13)8-14-9/h7-8H,3-6H2,1-2H3,(H2,13,15). The summed E-state index contributed by atoms with van der Waals surface area (Å²) in [5, 5.41) is 0. The molecule has 0 spiro atoms. The van der Waals surface area contributed by atoms with E-state index in [1.54, 1.807) is 0 Å². The van der Waals surface area contributed by atoms with E-state index in [2.05, 4.69) is 23.8 Å². The second-order valence-electron chi connectivity index (χ2n) is 5.28. The summed E-state index contributed by atoms with van der Waals surface area (Å²) in [5.41, 5.74) is 6.15. The Morgan fingerprint density at radius 1 is 1.29 bits per heavy atom. The number of hydrogen-bond acceptors (Lipinski definition) is 4. The van der Waals surface area contributed by atoms with E-state index in [-0.39, 0.29) is 5.91 Å². The Hall–Kier alpha value is -1.65. The van der Waals surface area contributed by atoms with Crippen molar-refractivity contribution in [2.24, 2.45) is 5.41 Å². The van der Waals surface area contributed by atoms with Crippen molar-refractivity contribution in [2.45, 2.75) is 26.7 Å². The Kier molecular flexibility index (Phi) is 3.00. The van der Waals surface area contributed by atoms with Gasteiger partial charge in [0.05, 0.1) is 12.4 Å². The molecular weight excluding hydrogens is 216 g/mol. The normalized spacial score (nSPS) is 19.1. The van der Waals surface area contributed by atoms with Crippen molar-refractivity contribution in [2.75, 3.05) is 18.8 Å². The smallest absolute Gasteiger partial charge is 0.274 e. The number of hydrogen-bond donors (Lipinski definition) is 1. The number of amides is 1. The summed E-state index contributed by atoms with van der Waals surface area (Å²) in [5.74, 6) is 0.286. The van der Waals surface area contributed by atoms with Gasteiger partial charge in [0.2, 0.25) is 0 Å². The number of piperidine rings is 1. The first-order valence-electron chi connectivity index (χ1n) is 5.85. The van der Waals surface area contributed by atoms with Crippen molar-refractivity contribution in [3.63, 3.8) is 0 Å². The molecule has 1 aromatic heterocycles. The van der Waals surface area contributed by atoms with Gasteiger partial charge in [-0.3, -0.25) is 4.79 Å². The van der Waals surface area contributed by atoms with Crippen molar-refractivity contribution in [3.8, 4) is 0 Å². The average Bonchev–Trinajstić information content (AvgIpc) is 2.29. The molecule has 1 aliphatic heterocycles. The summed E-state index contributed by atoms with van der Waals surface area (Å²) in [6, 6.07) is 0. The molecule has 2 N–H and O–H groups in total. The highest BCUT2D eigenvalue weighted by molar-refractivity contribution is 5.92. The van der Waals surface area contributed by atoms with Gasteiger partial charge in [-0.15, -0.1) is 0 Å². The van der Waals surface area contributed by atoms with Crippen molar-refractivity contribution in [1.29, 1.82) is 0 Å². The van der Waals surface area contributed by atoms with Gasteiger partial charge >= 0.3 is 0 Å². The van der Waals surface area contributed by atoms with Gasteiger partial charge in [-0.1, -0.05) is 13.8 Å². The first-order chi connectivity index (χ1) is 7.98. The molecule has 5 nitrogen and oxygen atoms in total. The molecule has 1 amide bonds. The van der Waals surface area contributed by atoms with Crippen LogP contribution in [0.1, 0.15) is 37.2 Å². The summed E-state index contributed by atoms with van der Waals surface area (Å²) in [6.45, 7) is 6.05. The SMILES string of the molecule is CC1(C)CCN(C(=O)c2cnc(N)cn2)CC1. The van der Waals surface area contributed by atoms with Gasteiger partial charge in [-0.25, -0.2) is 9.97 Å². The number of nitrogens with two attached hydrogens (primary N) is 1. The van der Waals surface area contributed by atoms with E-state index in [1.165, 1.54) is 12.4 Å². The number of anilines is 1. The Labute approximate surface area is 101 Å². The van der Waals surface area contributed by atoms with Gasteiger partial charge in [-0.05, 0) is 18.3 Å². The van der Waals surface area contributed by atoms with Crippen LogP contribution in [0.3, 0.4) is 0 Å². The minimum atomic E-state index is -0.0481. The van der Waals surface area contributed by atoms with E-state index in [1.807, 2.05) is 4.90 Å². The summed E-state index contributed by atoms with van der Waals surface area (Å²) in [6.07, 6.45) is 4.92. The molecule has 0 radical (unpaired) electrons. The molecule has 0 bridgehead atoms. The summed E-state index contributed by atoms with van der Waals surface area (Å²) >= 11 is 0. The third-order valence-electron chi connectivity index (χ3n) is 3.30. The number of nitrogens with zero attached hydrogens (tertiary/aromatic N) is 3. The number of aromatic nitrogens is 2. The zero-order valence-electron chi connectivity index (χ0n) is 10.3. The molecule has 0 saturated carbocycles. The molecule has 1 aromatic rings. The lowest BCUT2D eigenvalue weighted by molar-refractivity contribution is 0.0624. The maximum Gasteiger partial charge on any atom is 0.274 e. The van der Waals surface area contributed by atoms with Gasteiger partial charge < -0.3 is 10.6 Å². The predicted molar refractivity (Wildman–Crippen MR) is 65.4 cm³/mol. The molecular formula is C12H18N4O. The highest BCUT2D eigenvalue weighted by Crippen LogP contribution is 2.30. The second kappa shape index (κ2) is 4.31. The molecule has 0 atom stereocenters. The van der Waals surface area contributed by atoms with Crippen LogP contribution in [0.5, 0.6) is 0 Å². The van der Waals surface area contributed by atoms with Crippen molar-refractivity contribution in [3.05, 3.63) is 18.1 Å². The molecule has 1 saturated heterocycles. The lowest BCUT2D eigenvalue weighted by atomic mass is 9.82. The third kappa shape index (κ3) is 2.72. The topological polar surface area (TPSA) is 72.1 Å². The van der Waals surface area contributed by atoms with E-state index in [0.29, 0.717) is 16.9 Å². The first kappa shape index (κ1) is 11.8. The molecule has 92 valence electrons. The van der Waals surface area contributed by atoms with Gasteiger partial charge in [0, 0.05) is 13.1 Å². The zero-order chi connectivity index (χ0) is 12.5. The van der Waals surface area contributed by atoms with E-state index in [4.69, 9.17) is 5.73 Å². The van der Waals surface area contributed by atoms with E-state index >= 15 is 0 Å². The summed E-state index contributed by atoms with van der Waals surface area (Å²) in [7, 11) is 0. The maximum absolute atomic E-state index is 12.1. The molecule has 0 aliphatic carbocycles. The lowest BCUT2D eigenvalue weighted by Crippen LogP contribution is -2.41. The Morgan fingerprint density at radius 3 is 2.47 bits per heavy atom. The predicted octanol–water partition coefficient (Wildman–Crippen LogP) is 1.32. The molecule has 2 rings (SSSR count). The van der Waals surface area contributed by atoms with Crippen LogP contribution in [0.4, 0.5) is 5.82 Å². The number of likely N-dealkylation sites (tertiary alicyclic amines) is 1. The fourth-order valence-electron chi connectivity index (χ4n) is 1.93. The molecule has 17 heavy (non-hydrogen) atoms. The van der Waals surface area contributed by atoms with Crippen LogP contribution in [0.25, 0.3) is 0 Å². The van der Waals surface area contributed by atoms with Gasteiger partial charge in [0.25, 0.3) is 5.91 Å². The molecule has 0 unspecified atom stereocenters. The van der Waals surface area contributed by atoms with Crippen LogP contribution in [-0.2, 0) is 0 Å². The van der Waals surface area contributed by atoms with E-state index in [9.17, 15) is 4.79 Å². The highest BCUT2D eigenvalue weighted by Gasteiger charge is 2.28. The van der Waals surface area contributed by atoms with Crippen LogP contribution < -0.4 is 5.73 Å². The van der Waals surface area contributed by atoms with Crippen LogP contribution in [0.15, 0.2) is 12.4 Å². The lowest BCUT2D eigenvalue weighted by Gasteiger charge is -2.36. The molecule has 1 fully saturated rings. The summed E-state index contributed by atoms with van der Waals surface area (Å²) < 4.78 is 0. The maximum atomic E-state index is 12.1. The largest absolute Gasteiger partial charge is 0.382 e. The molecule has 0 aromatic carbocycles. The van der Waals surface area contributed by atoms with E-state index < -0.39 is 0 Å². The average molecular weight is 234 g/mol. The Bertz CT molecular complexity index is 403. The van der Waals surface area contributed by atoms with Crippen molar-refractivity contribution >= 4 is 11.7 Å². The number of rotatable bonds is 1. The molecule has 1 aliphatic rings. The van der Waals surface area contributed by atoms with Gasteiger partial charge in [0.15, 0.2) is 0 Å². The quantitative estimate of drug-likeness (QED) is 0.795. The monoisotopic (exact) mass is 234 g/mol. The van der Waals surface area contributed by atoms with Gasteiger partial charge in [-0.2, -0.15) is 0 Å². The number of carbonyl (C=O) groups is 1. The molecule has 5 heteroatoms. The summed E-state index contributed by atoms with van der Waals surface area (Å²) in [4.78, 5) is 21.8. The van der Waals surface area contributed by atoms with Crippen LogP contribution in [-0.4, -0.2) is 33.9 Å². The van der Waals surface area contributed by atoms with E-state index in [0.717, 1.165) is 25.9 Å². The van der Waals surface area contributed by atoms with Crippen LogP contribution in [0, 0.1) is 5.41 Å². The van der Waals surface area contributed by atoms with Gasteiger partial charge in [0.1, 0.15) is 11.5 Å². The van der Waals surface area contributed by atoms with Crippen LogP contribution >= 0.6 is 0 Å². The zero-order valence-corrected chi connectivity index (χ0v) is 10.3. The molecule has 2 heterocycles. The Morgan fingerprint density at radius 2 is 1.94 bits per heavy atom. The minimum absolute atomic E-state index is 0.0481. The first-order valence-corrected chi connectivity index (χ1v) is 5.85. The number of carbonyl (C=O) groups excluding carboxylic acids is 1.